The van der Waals surface area contributed by atoms with Crippen molar-refractivity contribution in [2.24, 2.45) is 5.92 Å². The average Bonchev–Trinajstić information content (AvgIpc) is 3.13. The van der Waals surface area contributed by atoms with Crippen molar-refractivity contribution in [3.63, 3.8) is 0 Å². The lowest BCUT2D eigenvalue weighted by molar-refractivity contribution is 0.127. The van der Waals surface area contributed by atoms with Crippen molar-refractivity contribution in [1.29, 1.82) is 0 Å². The van der Waals surface area contributed by atoms with Crippen LogP contribution in [0.15, 0.2) is 0 Å². The van der Waals surface area contributed by atoms with E-state index in [9.17, 15) is 0 Å². The summed E-state index contributed by atoms with van der Waals surface area (Å²) in [5.74, 6) is 1.05. The maximum Gasteiger partial charge on any atom is 0.0110 e. The van der Waals surface area contributed by atoms with Gasteiger partial charge in [0.1, 0.15) is 0 Å². The Hall–Kier alpha value is -0.120. The predicted molar refractivity (Wildman–Crippen MR) is 82.6 cm³/mol. The Morgan fingerprint density at radius 1 is 0.947 bits per heavy atom. The summed E-state index contributed by atoms with van der Waals surface area (Å²) < 4.78 is 0. The normalized spacial score (nSPS) is 22.9. The van der Waals surface area contributed by atoms with Crippen molar-refractivity contribution >= 4 is 0 Å². The summed E-state index contributed by atoms with van der Waals surface area (Å²) in [6, 6.07) is 0. The highest BCUT2D eigenvalue weighted by molar-refractivity contribution is 4.80. The fraction of sp³-hybridized carbons (Fsp3) is 1.00. The fourth-order valence-corrected chi connectivity index (χ4v) is 2.78. The van der Waals surface area contributed by atoms with Crippen LogP contribution in [0, 0.1) is 5.92 Å². The Morgan fingerprint density at radius 2 is 1.58 bits per heavy atom. The van der Waals surface area contributed by atoms with Crippen LogP contribution in [-0.4, -0.2) is 61.2 Å². The topological polar surface area (TPSA) is 18.5 Å². The second-order valence-corrected chi connectivity index (χ2v) is 7.47. The third kappa shape index (κ3) is 6.73. The monoisotopic (exact) mass is 267 g/mol. The first-order chi connectivity index (χ1) is 9.03. The molecule has 0 aromatic heterocycles. The van der Waals surface area contributed by atoms with Gasteiger partial charge in [0.05, 0.1) is 0 Å². The molecule has 2 aliphatic rings. The van der Waals surface area contributed by atoms with Gasteiger partial charge in [0, 0.05) is 38.3 Å². The highest BCUT2D eigenvalue weighted by Crippen LogP contribution is 2.29. The van der Waals surface area contributed by atoms with E-state index in [4.69, 9.17) is 0 Å². The van der Waals surface area contributed by atoms with E-state index in [1.54, 1.807) is 0 Å². The summed E-state index contributed by atoms with van der Waals surface area (Å²) in [7, 11) is 0. The maximum atomic E-state index is 3.57. The first kappa shape index (κ1) is 15.3. The van der Waals surface area contributed by atoms with Gasteiger partial charge in [-0.3, -0.25) is 0 Å². The Kier molecular flexibility index (Phi) is 5.67. The molecular formula is C16H33N3. The molecule has 0 atom stereocenters. The molecule has 112 valence electrons. The molecule has 1 aliphatic carbocycles. The van der Waals surface area contributed by atoms with E-state index in [1.165, 1.54) is 65.0 Å². The van der Waals surface area contributed by atoms with Crippen LogP contribution in [0.1, 0.15) is 46.5 Å². The molecule has 0 spiro atoms. The molecule has 2 fully saturated rings. The Bertz CT molecular complexity index is 247. The van der Waals surface area contributed by atoms with E-state index in [1.807, 2.05) is 0 Å². The van der Waals surface area contributed by atoms with Crippen molar-refractivity contribution in [2.45, 2.75) is 52.0 Å². The average molecular weight is 267 g/mol. The minimum Gasteiger partial charge on any atom is -0.312 e. The molecule has 2 rings (SSSR count). The lowest BCUT2D eigenvalue weighted by Crippen LogP contribution is -2.47. The zero-order valence-electron chi connectivity index (χ0n) is 13.2. The summed E-state index contributed by atoms with van der Waals surface area (Å²) in [6.45, 7) is 15.7. The molecule has 0 aromatic carbocycles. The SMILES string of the molecule is CC(C)(C)NCCCCN1CCN(CC2CC2)CC1. The quantitative estimate of drug-likeness (QED) is 0.713. The molecule has 3 nitrogen and oxygen atoms in total. The second kappa shape index (κ2) is 7.05. The van der Waals surface area contributed by atoms with Crippen LogP contribution in [0.3, 0.4) is 0 Å². The number of nitrogens with zero attached hydrogens (tertiary/aromatic N) is 2. The highest BCUT2D eigenvalue weighted by atomic mass is 15.3. The van der Waals surface area contributed by atoms with Crippen LogP contribution in [-0.2, 0) is 0 Å². The molecule has 3 heteroatoms. The van der Waals surface area contributed by atoms with Crippen LogP contribution in [0.2, 0.25) is 0 Å². The Labute approximate surface area is 119 Å². The van der Waals surface area contributed by atoms with Gasteiger partial charge in [-0.15, -0.1) is 0 Å². The number of hydrogen-bond donors (Lipinski definition) is 1. The number of unbranched alkanes of at least 4 members (excludes halogenated alkanes) is 1. The summed E-state index contributed by atoms with van der Waals surface area (Å²) >= 11 is 0. The molecule has 0 aromatic rings. The van der Waals surface area contributed by atoms with Gasteiger partial charge in [-0.1, -0.05) is 0 Å². The second-order valence-electron chi connectivity index (χ2n) is 7.47. The van der Waals surface area contributed by atoms with Crippen molar-refractivity contribution in [1.82, 2.24) is 15.1 Å². The standard InChI is InChI=1S/C16H33N3/c1-16(2,3)17-8-4-5-9-18-10-12-19(13-11-18)14-15-6-7-15/h15,17H,4-14H2,1-3H3. The molecule has 1 saturated carbocycles. The van der Waals surface area contributed by atoms with Crippen molar-refractivity contribution in [2.75, 3.05) is 45.8 Å². The molecule has 0 radical (unpaired) electrons. The molecular weight excluding hydrogens is 234 g/mol. The zero-order valence-corrected chi connectivity index (χ0v) is 13.2. The third-order valence-electron chi connectivity index (χ3n) is 4.23. The van der Waals surface area contributed by atoms with Crippen LogP contribution in [0.5, 0.6) is 0 Å². The molecule has 19 heavy (non-hydrogen) atoms. The van der Waals surface area contributed by atoms with Crippen molar-refractivity contribution in [3.8, 4) is 0 Å². The van der Waals surface area contributed by atoms with Crippen LogP contribution in [0.25, 0.3) is 0 Å². The maximum absolute atomic E-state index is 3.57. The summed E-state index contributed by atoms with van der Waals surface area (Å²) in [5, 5.41) is 3.57. The van der Waals surface area contributed by atoms with Crippen LogP contribution in [0.4, 0.5) is 0 Å². The van der Waals surface area contributed by atoms with Gasteiger partial charge in [-0.05, 0) is 65.5 Å². The lowest BCUT2D eigenvalue weighted by Gasteiger charge is -2.34. The highest BCUT2D eigenvalue weighted by Gasteiger charge is 2.26. The van der Waals surface area contributed by atoms with E-state index in [0.717, 1.165) is 12.5 Å². The van der Waals surface area contributed by atoms with E-state index in [2.05, 4.69) is 35.9 Å². The molecule has 0 amide bonds. The van der Waals surface area contributed by atoms with Gasteiger partial charge in [0.15, 0.2) is 0 Å². The molecule has 1 heterocycles. The fourth-order valence-electron chi connectivity index (χ4n) is 2.78. The number of piperazine rings is 1. The predicted octanol–water partition coefficient (Wildman–Crippen LogP) is 2.18. The first-order valence-corrected chi connectivity index (χ1v) is 8.23. The molecule has 1 N–H and O–H groups in total. The summed E-state index contributed by atoms with van der Waals surface area (Å²) in [4.78, 5) is 5.33. The minimum absolute atomic E-state index is 0.272. The zero-order chi connectivity index (χ0) is 13.7. The Balaban J connectivity index is 1.46. The molecule has 1 saturated heterocycles. The van der Waals surface area contributed by atoms with Gasteiger partial charge in [-0.25, -0.2) is 0 Å². The van der Waals surface area contributed by atoms with Crippen LogP contribution < -0.4 is 5.32 Å². The van der Waals surface area contributed by atoms with E-state index >= 15 is 0 Å². The largest absolute Gasteiger partial charge is 0.312 e. The van der Waals surface area contributed by atoms with Crippen molar-refractivity contribution in [3.05, 3.63) is 0 Å². The third-order valence-corrected chi connectivity index (χ3v) is 4.23. The van der Waals surface area contributed by atoms with Gasteiger partial charge in [-0.2, -0.15) is 0 Å². The summed E-state index contributed by atoms with van der Waals surface area (Å²) in [6.07, 6.45) is 5.62. The van der Waals surface area contributed by atoms with Gasteiger partial charge in [0.2, 0.25) is 0 Å². The van der Waals surface area contributed by atoms with Crippen LogP contribution >= 0.6 is 0 Å². The minimum atomic E-state index is 0.272. The number of rotatable bonds is 7. The van der Waals surface area contributed by atoms with Gasteiger partial charge < -0.3 is 15.1 Å². The van der Waals surface area contributed by atoms with Gasteiger partial charge >= 0.3 is 0 Å². The van der Waals surface area contributed by atoms with E-state index < -0.39 is 0 Å². The van der Waals surface area contributed by atoms with Gasteiger partial charge in [0.25, 0.3) is 0 Å². The molecule has 0 unspecified atom stereocenters. The van der Waals surface area contributed by atoms with E-state index in [-0.39, 0.29) is 5.54 Å². The molecule has 0 bridgehead atoms. The van der Waals surface area contributed by atoms with Crippen molar-refractivity contribution < 1.29 is 0 Å². The number of nitrogens with one attached hydrogen (secondary N) is 1. The first-order valence-electron chi connectivity index (χ1n) is 8.23. The van der Waals surface area contributed by atoms with E-state index in [0.29, 0.717) is 0 Å². The molecule has 1 aliphatic heterocycles. The lowest BCUT2D eigenvalue weighted by atomic mass is 10.1. The smallest absolute Gasteiger partial charge is 0.0110 e. The summed E-state index contributed by atoms with van der Waals surface area (Å²) in [5.41, 5.74) is 0.272. The number of hydrogen-bond acceptors (Lipinski definition) is 3. The Morgan fingerprint density at radius 3 is 2.16 bits per heavy atom.